The molecule has 0 radical (unpaired) electrons. The summed E-state index contributed by atoms with van der Waals surface area (Å²) < 4.78 is 0. The van der Waals surface area contributed by atoms with E-state index in [4.69, 9.17) is 11.6 Å². The predicted molar refractivity (Wildman–Crippen MR) is 105 cm³/mol. The molecule has 2 fully saturated rings. The summed E-state index contributed by atoms with van der Waals surface area (Å²) in [6.45, 7) is 3.28. The van der Waals surface area contributed by atoms with Gasteiger partial charge in [-0.1, -0.05) is 36.2 Å². The lowest BCUT2D eigenvalue weighted by molar-refractivity contribution is 0.0718. The summed E-state index contributed by atoms with van der Waals surface area (Å²) in [4.78, 5) is 19.6. The lowest BCUT2D eigenvalue weighted by Gasteiger charge is -2.41. The van der Waals surface area contributed by atoms with Crippen LogP contribution in [0.4, 0.5) is 0 Å². The van der Waals surface area contributed by atoms with Crippen molar-refractivity contribution in [2.75, 3.05) is 13.1 Å². The van der Waals surface area contributed by atoms with Crippen molar-refractivity contribution in [3.63, 3.8) is 0 Å². The quantitative estimate of drug-likeness (QED) is 0.708. The number of amides is 1. The van der Waals surface area contributed by atoms with Gasteiger partial charge in [0.05, 0.1) is 10.7 Å². The van der Waals surface area contributed by atoms with Crippen LogP contribution in [0, 0.1) is 12.3 Å². The summed E-state index contributed by atoms with van der Waals surface area (Å²) in [7, 11) is 0. The number of aryl methyl sites for hydroxylation is 1. The number of aromatic amines is 2. The zero-order valence-corrected chi connectivity index (χ0v) is 16.3. The molecule has 1 aliphatic carbocycles. The van der Waals surface area contributed by atoms with Crippen LogP contribution in [0.15, 0.2) is 30.3 Å². The Bertz CT molecular complexity index is 1040. The number of benzene rings is 1. The second-order valence-corrected chi connectivity index (χ2v) is 8.29. The Morgan fingerprint density at radius 2 is 2.07 bits per heavy atom. The van der Waals surface area contributed by atoms with Crippen LogP contribution in [0.25, 0.3) is 11.3 Å². The van der Waals surface area contributed by atoms with Crippen LogP contribution in [0.2, 0.25) is 5.02 Å². The Kier molecular flexibility index (Phi) is 4.01. The lowest BCUT2D eigenvalue weighted by atomic mass is 9.62. The van der Waals surface area contributed by atoms with E-state index in [-0.39, 0.29) is 17.2 Å². The Hall–Kier alpha value is -2.67. The summed E-state index contributed by atoms with van der Waals surface area (Å²) in [5, 5.41) is 15.1. The van der Waals surface area contributed by atoms with Crippen LogP contribution in [0.5, 0.6) is 0 Å². The number of hydrogen-bond acceptors (Lipinski definition) is 4. The second-order valence-electron chi connectivity index (χ2n) is 7.88. The highest BCUT2D eigenvalue weighted by atomic mass is 35.5. The number of nitrogens with zero attached hydrogens (tertiary/aromatic N) is 4. The third-order valence-corrected chi connectivity index (χ3v) is 6.50. The molecule has 1 aromatic carbocycles. The Morgan fingerprint density at radius 3 is 2.75 bits per heavy atom. The van der Waals surface area contributed by atoms with Crippen LogP contribution < -0.4 is 0 Å². The van der Waals surface area contributed by atoms with E-state index >= 15 is 0 Å². The zero-order chi connectivity index (χ0) is 19.3. The summed E-state index contributed by atoms with van der Waals surface area (Å²) >= 11 is 6.26. The van der Waals surface area contributed by atoms with Crippen LogP contribution in [0.3, 0.4) is 0 Å². The molecule has 144 valence electrons. The molecule has 7 nitrogen and oxygen atoms in total. The highest BCUT2D eigenvalue weighted by Gasteiger charge is 2.53. The molecule has 1 atom stereocenters. The zero-order valence-electron chi connectivity index (χ0n) is 15.6. The molecule has 1 unspecified atom stereocenters. The molecule has 5 rings (SSSR count). The predicted octanol–water partition coefficient (Wildman–Crippen LogP) is 3.57. The molecular weight excluding hydrogens is 376 g/mol. The fourth-order valence-electron chi connectivity index (χ4n) is 4.54. The third-order valence-electron chi connectivity index (χ3n) is 6.17. The van der Waals surface area contributed by atoms with Gasteiger partial charge in [0, 0.05) is 24.6 Å². The highest BCUT2D eigenvalue weighted by Crippen LogP contribution is 2.55. The van der Waals surface area contributed by atoms with Crippen molar-refractivity contribution in [2.24, 2.45) is 5.41 Å². The number of rotatable bonds is 3. The molecule has 8 heteroatoms. The van der Waals surface area contributed by atoms with E-state index in [0.717, 1.165) is 36.6 Å². The summed E-state index contributed by atoms with van der Waals surface area (Å²) in [6.07, 6.45) is 3.43. The normalized spacial score (nSPS) is 20.5. The average Bonchev–Trinajstić information content (AvgIpc) is 3.38. The van der Waals surface area contributed by atoms with Crippen molar-refractivity contribution >= 4 is 17.5 Å². The molecule has 2 N–H and O–H groups in total. The monoisotopic (exact) mass is 396 g/mol. The van der Waals surface area contributed by atoms with Crippen LogP contribution >= 0.6 is 11.6 Å². The van der Waals surface area contributed by atoms with E-state index in [9.17, 15) is 4.79 Å². The number of likely N-dealkylation sites (tertiary alicyclic amines) is 1. The third kappa shape index (κ3) is 2.73. The first-order valence-electron chi connectivity index (χ1n) is 9.54. The van der Waals surface area contributed by atoms with E-state index in [2.05, 4.69) is 25.4 Å². The fraction of sp³-hybridized carbons (Fsp3) is 0.400. The number of halogens is 1. The summed E-state index contributed by atoms with van der Waals surface area (Å²) in [6, 6.07) is 9.27. The summed E-state index contributed by atoms with van der Waals surface area (Å²) in [5.74, 6) is 1.79. The summed E-state index contributed by atoms with van der Waals surface area (Å²) in [5.41, 5.74) is 2.07. The molecule has 1 amide bonds. The Labute approximate surface area is 167 Å². The van der Waals surface area contributed by atoms with Crippen LogP contribution in [-0.2, 0) is 0 Å². The maximum absolute atomic E-state index is 13.2. The molecule has 3 aromatic rings. The van der Waals surface area contributed by atoms with Crippen molar-refractivity contribution < 1.29 is 4.79 Å². The SMILES string of the molecule is Cc1nc(C2CN(C(=O)c3cc(-c4ccccc4Cl)n[nH]3)CC23CCC3)n[nH]1. The first-order chi connectivity index (χ1) is 13.6. The van der Waals surface area contributed by atoms with Gasteiger partial charge < -0.3 is 4.90 Å². The van der Waals surface area contributed by atoms with Gasteiger partial charge in [-0.25, -0.2) is 4.98 Å². The van der Waals surface area contributed by atoms with Crippen molar-refractivity contribution in [3.05, 3.63) is 52.7 Å². The minimum absolute atomic E-state index is 0.0353. The number of H-pyrrole nitrogens is 2. The van der Waals surface area contributed by atoms with Gasteiger partial charge in [0.2, 0.25) is 0 Å². The molecule has 2 aliphatic rings. The largest absolute Gasteiger partial charge is 0.336 e. The number of hydrogen-bond donors (Lipinski definition) is 2. The van der Waals surface area contributed by atoms with Gasteiger partial charge in [-0.15, -0.1) is 0 Å². The fourth-order valence-corrected chi connectivity index (χ4v) is 4.77. The number of carbonyl (C=O) groups is 1. The molecule has 1 spiro atoms. The average molecular weight is 397 g/mol. The van der Waals surface area contributed by atoms with Crippen molar-refractivity contribution in [2.45, 2.75) is 32.1 Å². The molecule has 3 heterocycles. The highest BCUT2D eigenvalue weighted by molar-refractivity contribution is 6.33. The minimum atomic E-state index is -0.0353. The van der Waals surface area contributed by atoms with Crippen molar-refractivity contribution in [3.8, 4) is 11.3 Å². The van der Waals surface area contributed by atoms with Gasteiger partial charge in [-0.05, 0) is 37.3 Å². The first-order valence-corrected chi connectivity index (χ1v) is 9.92. The van der Waals surface area contributed by atoms with Gasteiger partial charge in [0.15, 0.2) is 5.82 Å². The second kappa shape index (κ2) is 6.44. The first kappa shape index (κ1) is 17.4. The standard InChI is InChI=1S/C20H21ClN6O/c1-12-22-18(26-23-12)14-10-27(11-20(14)7-4-8-20)19(28)17-9-16(24-25-17)13-5-2-3-6-15(13)21/h2-3,5-6,9,14H,4,7-8,10-11H2,1H3,(H,24,25)(H,22,23,26). The van der Waals surface area contributed by atoms with Crippen LogP contribution in [0.1, 0.15) is 47.3 Å². The van der Waals surface area contributed by atoms with Gasteiger partial charge in [0.1, 0.15) is 11.5 Å². The smallest absolute Gasteiger partial charge is 0.271 e. The van der Waals surface area contributed by atoms with Gasteiger partial charge in [-0.3, -0.25) is 15.0 Å². The maximum atomic E-state index is 13.2. The Morgan fingerprint density at radius 1 is 1.25 bits per heavy atom. The van der Waals surface area contributed by atoms with Gasteiger partial charge in [-0.2, -0.15) is 10.2 Å². The Balaban J connectivity index is 1.40. The molecule has 1 aliphatic heterocycles. The van der Waals surface area contributed by atoms with E-state index < -0.39 is 0 Å². The lowest BCUT2D eigenvalue weighted by Crippen LogP contribution is -2.38. The van der Waals surface area contributed by atoms with Gasteiger partial charge >= 0.3 is 0 Å². The van der Waals surface area contributed by atoms with Crippen LogP contribution in [-0.4, -0.2) is 49.3 Å². The molecule has 0 bridgehead atoms. The van der Waals surface area contributed by atoms with E-state index in [1.165, 1.54) is 6.42 Å². The topological polar surface area (TPSA) is 90.6 Å². The van der Waals surface area contributed by atoms with Crippen molar-refractivity contribution in [1.29, 1.82) is 0 Å². The molecule has 1 saturated heterocycles. The van der Waals surface area contributed by atoms with Gasteiger partial charge in [0.25, 0.3) is 5.91 Å². The number of nitrogens with one attached hydrogen (secondary N) is 2. The van der Waals surface area contributed by atoms with Crippen molar-refractivity contribution in [1.82, 2.24) is 30.3 Å². The van der Waals surface area contributed by atoms with E-state index in [0.29, 0.717) is 23.0 Å². The molecule has 2 aromatic heterocycles. The molecular formula is C20H21ClN6O. The van der Waals surface area contributed by atoms with E-state index in [1.807, 2.05) is 36.1 Å². The molecule has 28 heavy (non-hydrogen) atoms. The molecule has 1 saturated carbocycles. The maximum Gasteiger partial charge on any atom is 0.271 e. The van der Waals surface area contributed by atoms with E-state index in [1.54, 1.807) is 6.07 Å². The minimum Gasteiger partial charge on any atom is -0.336 e. The number of aromatic nitrogens is 5. The number of carbonyl (C=O) groups excluding carboxylic acids is 1.